The summed E-state index contributed by atoms with van der Waals surface area (Å²) in [7, 11) is 0. The molecule has 1 heterocycles. The van der Waals surface area contributed by atoms with Crippen molar-refractivity contribution in [3.63, 3.8) is 0 Å². The van der Waals surface area contributed by atoms with Crippen LogP contribution < -0.4 is 0 Å². The lowest BCUT2D eigenvalue weighted by Gasteiger charge is -2.25. The van der Waals surface area contributed by atoms with Crippen LogP contribution >= 0.6 is 15.9 Å². The summed E-state index contributed by atoms with van der Waals surface area (Å²) in [5, 5.41) is 0.701. The van der Waals surface area contributed by atoms with E-state index in [1.165, 1.54) is 0 Å². The lowest BCUT2D eigenvalue weighted by molar-refractivity contribution is -0.133. The maximum absolute atomic E-state index is 11.9. The number of hydrogen-bond donors (Lipinski definition) is 0. The Labute approximate surface area is 105 Å². The van der Waals surface area contributed by atoms with Gasteiger partial charge in [-0.25, -0.2) is 0 Å². The Bertz CT molecular complexity index is 347. The molecule has 16 heavy (non-hydrogen) atoms. The van der Waals surface area contributed by atoms with Crippen molar-refractivity contribution in [1.82, 2.24) is 4.90 Å². The van der Waals surface area contributed by atoms with Gasteiger partial charge in [0.05, 0.1) is 6.54 Å². The average Bonchev–Trinajstić information content (AvgIpc) is 2.60. The SMILES string of the molecule is Cc1ccc(CN(C(=O)CCBr)C(C)C)o1. The zero-order valence-electron chi connectivity index (χ0n) is 10.00. The summed E-state index contributed by atoms with van der Waals surface area (Å²) in [4.78, 5) is 13.7. The molecule has 0 unspecified atom stereocenters. The second kappa shape index (κ2) is 6.09. The number of alkyl halides is 1. The molecule has 1 aromatic rings. The largest absolute Gasteiger partial charge is 0.464 e. The predicted molar refractivity (Wildman–Crippen MR) is 67.5 cm³/mol. The van der Waals surface area contributed by atoms with E-state index in [0.717, 1.165) is 11.5 Å². The van der Waals surface area contributed by atoms with Gasteiger partial charge in [-0.15, -0.1) is 0 Å². The van der Waals surface area contributed by atoms with Gasteiger partial charge in [-0.2, -0.15) is 0 Å². The summed E-state index contributed by atoms with van der Waals surface area (Å²) in [5.74, 6) is 1.88. The first kappa shape index (κ1) is 13.3. The number of furan rings is 1. The Morgan fingerprint density at radius 1 is 1.50 bits per heavy atom. The van der Waals surface area contributed by atoms with Gasteiger partial charge in [0.2, 0.25) is 5.91 Å². The molecule has 0 saturated carbocycles. The molecule has 0 bridgehead atoms. The van der Waals surface area contributed by atoms with Crippen molar-refractivity contribution in [2.75, 3.05) is 5.33 Å². The number of nitrogens with zero attached hydrogens (tertiary/aromatic N) is 1. The summed E-state index contributed by atoms with van der Waals surface area (Å²) in [6.45, 7) is 6.49. The fourth-order valence-corrected chi connectivity index (χ4v) is 1.86. The van der Waals surface area contributed by atoms with Crippen LogP contribution in [0.2, 0.25) is 0 Å². The third kappa shape index (κ3) is 3.67. The van der Waals surface area contributed by atoms with E-state index < -0.39 is 0 Å². The predicted octanol–water partition coefficient (Wildman–Crippen LogP) is 3.11. The number of carbonyl (C=O) groups is 1. The maximum atomic E-state index is 11.9. The van der Waals surface area contributed by atoms with Crippen LogP contribution in [-0.2, 0) is 11.3 Å². The molecule has 90 valence electrons. The molecule has 1 rings (SSSR count). The van der Waals surface area contributed by atoms with E-state index in [1.807, 2.05) is 37.8 Å². The molecule has 0 aliphatic heterocycles. The van der Waals surface area contributed by atoms with Crippen molar-refractivity contribution in [3.8, 4) is 0 Å². The van der Waals surface area contributed by atoms with Crippen LogP contribution in [0, 0.1) is 6.92 Å². The molecular weight excluding hydrogens is 270 g/mol. The number of hydrogen-bond acceptors (Lipinski definition) is 2. The van der Waals surface area contributed by atoms with Crippen LogP contribution in [0.15, 0.2) is 16.5 Å². The highest BCUT2D eigenvalue weighted by atomic mass is 79.9. The van der Waals surface area contributed by atoms with Crippen molar-refractivity contribution >= 4 is 21.8 Å². The molecule has 0 radical (unpaired) electrons. The minimum Gasteiger partial charge on any atom is -0.464 e. The fourth-order valence-electron chi connectivity index (χ4n) is 1.52. The van der Waals surface area contributed by atoms with Crippen molar-refractivity contribution in [3.05, 3.63) is 23.7 Å². The smallest absolute Gasteiger partial charge is 0.224 e. The highest BCUT2D eigenvalue weighted by molar-refractivity contribution is 9.09. The van der Waals surface area contributed by atoms with E-state index >= 15 is 0 Å². The molecule has 0 saturated heterocycles. The van der Waals surface area contributed by atoms with Gasteiger partial charge < -0.3 is 9.32 Å². The molecule has 4 heteroatoms. The topological polar surface area (TPSA) is 33.5 Å². The van der Waals surface area contributed by atoms with Crippen molar-refractivity contribution in [2.45, 2.75) is 39.8 Å². The van der Waals surface area contributed by atoms with Gasteiger partial charge in [0.1, 0.15) is 11.5 Å². The second-order valence-corrected chi connectivity index (χ2v) is 4.86. The van der Waals surface area contributed by atoms with Crippen LogP contribution in [0.4, 0.5) is 0 Å². The highest BCUT2D eigenvalue weighted by Gasteiger charge is 2.17. The standard InChI is InChI=1S/C12H18BrNO2/c1-9(2)14(12(15)6-7-13)8-11-5-4-10(3)16-11/h4-5,9H,6-8H2,1-3H3. The Morgan fingerprint density at radius 3 is 2.62 bits per heavy atom. The first-order chi connectivity index (χ1) is 7.54. The van der Waals surface area contributed by atoms with Crippen molar-refractivity contribution in [1.29, 1.82) is 0 Å². The zero-order valence-corrected chi connectivity index (χ0v) is 11.6. The molecule has 0 atom stereocenters. The Balaban J connectivity index is 2.68. The molecule has 3 nitrogen and oxygen atoms in total. The highest BCUT2D eigenvalue weighted by Crippen LogP contribution is 2.13. The summed E-state index contributed by atoms with van der Waals surface area (Å²) in [6, 6.07) is 4.03. The van der Waals surface area contributed by atoms with Crippen LogP contribution in [0.3, 0.4) is 0 Å². The number of halogens is 1. The Kier molecular flexibility index (Phi) is 5.06. The number of amides is 1. The van der Waals surface area contributed by atoms with Gasteiger partial charge in [-0.3, -0.25) is 4.79 Å². The van der Waals surface area contributed by atoms with E-state index in [9.17, 15) is 4.79 Å². The quantitative estimate of drug-likeness (QED) is 0.780. The van der Waals surface area contributed by atoms with Crippen molar-refractivity contribution in [2.24, 2.45) is 0 Å². The number of rotatable bonds is 5. The maximum Gasteiger partial charge on any atom is 0.224 e. The van der Waals surface area contributed by atoms with E-state index in [1.54, 1.807) is 0 Å². The lowest BCUT2D eigenvalue weighted by Crippen LogP contribution is -2.36. The van der Waals surface area contributed by atoms with Gasteiger partial charge in [0.25, 0.3) is 0 Å². The molecule has 0 spiro atoms. The summed E-state index contributed by atoms with van der Waals surface area (Å²) >= 11 is 3.29. The molecule has 0 aliphatic carbocycles. The molecular formula is C12H18BrNO2. The molecule has 1 amide bonds. The third-order valence-electron chi connectivity index (χ3n) is 2.37. The van der Waals surface area contributed by atoms with E-state index in [4.69, 9.17) is 4.42 Å². The Hall–Kier alpha value is -0.770. The van der Waals surface area contributed by atoms with Gasteiger partial charge in [-0.1, -0.05) is 15.9 Å². The van der Waals surface area contributed by atoms with E-state index in [0.29, 0.717) is 18.3 Å². The van der Waals surface area contributed by atoms with E-state index in [-0.39, 0.29) is 11.9 Å². The number of aryl methyl sites for hydroxylation is 1. The normalized spacial score (nSPS) is 10.8. The minimum absolute atomic E-state index is 0.154. The summed E-state index contributed by atoms with van der Waals surface area (Å²) in [5.41, 5.74) is 0. The molecule has 0 N–H and O–H groups in total. The monoisotopic (exact) mass is 287 g/mol. The minimum atomic E-state index is 0.154. The summed E-state index contributed by atoms with van der Waals surface area (Å²) in [6.07, 6.45) is 0.526. The van der Waals surface area contributed by atoms with Crippen LogP contribution in [0.5, 0.6) is 0 Å². The first-order valence-corrected chi connectivity index (χ1v) is 6.57. The van der Waals surface area contributed by atoms with Gasteiger partial charge in [0.15, 0.2) is 0 Å². The Morgan fingerprint density at radius 2 is 2.19 bits per heavy atom. The first-order valence-electron chi connectivity index (χ1n) is 5.45. The van der Waals surface area contributed by atoms with Crippen molar-refractivity contribution < 1.29 is 9.21 Å². The number of carbonyl (C=O) groups excluding carboxylic acids is 1. The van der Waals surface area contributed by atoms with Crippen LogP contribution in [-0.4, -0.2) is 22.2 Å². The van der Waals surface area contributed by atoms with Gasteiger partial charge in [0, 0.05) is 17.8 Å². The molecule has 0 aliphatic rings. The van der Waals surface area contributed by atoms with Gasteiger partial charge in [-0.05, 0) is 32.9 Å². The molecule has 1 aromatic heterocycles. The van der Waals surface area contributed by atoms with Crippen LogP contribution in [0.25, 0.3) is 0 Å². The summed E-state index contributed by atoms with van der Waals surface area (Å²) < 4.78 is 5.49. The van der Waals surface area contributed by atoms with E-state index in [2.05, 4.69) is 15.9 Å². The van der Waals surface area contributed by atoms with Crippen LogP contribution in [0.1, 0.15) is 31.8 Å². The third-order valence-corrected chi connectivity index (χ3v) is 2.77. The van der Waals surface area contributed by atoms with Gasteiger partial charge >= 0.3 is 0 Å². The second-order valence-electron chi connectivity index (χ2n) is 4.07. The lowest BCUT2D eigenvalue weighted by atomic mass is 10.2. The zero-order chi connectivity index (χ0) is 12.1. The average molecular weight is 288 g/mol. The fraction of sp³-hybridized carbons (Fsp3) is 0.583. The molecule has 0 aromatic carbocycles. The molecule has 0 fully saturated rings.